The van der Waals surface area contributed by atoms with Crippen LogP contribution in [-0.4, -0.2) is 10.4 Å². The summed E-state index contributed by atoms with van der Waals surface area (Å²) in [4.78, 5) is 5.21. The fraction of sp³-hybridized carbons (Fsp3) is 0.0217. The smallest absolute Gasteiger partial charge is 0.171 e. The summed E-state index contributed by atoms with van der Waals surface area (Å²) >= 11 is 0. The van der Waals surface area contributed by atoms with Crippen molar-refractivity contribution < 1.29 is 4.57 Å². The molecule has 5 heteroatoms. The molecule has 1 N–H and O–H groups in total. The van der Waals surface area contributed by atoms with Gasteiger partial charge in [-0.15, -0.1) is 0 Å². The summed E-state index contributed by atoms with van der Waals surface area (Å²) in [5, 5.41) is 8.32. The molecule has 7 aromatic carbocycles. The van der Waals surface area contributed by atoms with Gasteiger partial charge in [0, 0.05) is 43.6 Å². The largest absolute Gasteiger partial charge is 0.340 e. The zero-order chi connectivity index (χ0) is 34.2. The lowest BCUT2D eigenvalue weighted by molar-refractivity contribution is 0.592. The third-order valence-electron chi connectivity index (χ3n) is 9.71. The van der Waals surface area contributed by atoms with Gasteiger partial charge < -0.3 is 14.4 Å². The van der Waals surface area contributed by atoms with Crippen molar-refractivity contribution in [3.8, 4) is 5.69 Å². The van der Waals surface area contributed by atoms with E-state index in [0.717, 1.165) is 60.9 Å². The average Bonchev–Trinajstić information content (AvgIpc) is 3.56. The molecule has 0 saturated carbocycles. The van der Waals surface area contributed by atoms with Gasteiger partial charge in [-0.05, 0) is 47.5 Å². The Morgan fingerprint density at radius 2 is 1.04 bits per heavy atom. The van der Waals surface area contributed by atoms with E-state index in [2.05, 4.69) is 113 Å². The molecule has 0 spiro atoms. The monoisotopic (exact) mass is 675 g/mol. The summed E-state index contributed by atoms with van der Waals surface area (Å²) < 4.78 is 18.3. The summed E-state index contributed by atoms with van der Waals surface area (Å²) in [6.07, 6.45) is 2.17. The first-order chi connectivity index (χ1) is 25.2. The van der Waals surface area contributed by atoms with E-state index in [1.165, 1.54) is 10.8 Å². The van der Waals surface area contributed by atoms with Crippen LogP contribution in [0, 0.1) is 0 Å². The number of fused-ring (bicyclic) bond motifs is 3. The number of benzene rings is 7. The number of aromatic nitrogens is 1. The minimum atomic E-state index is -3.36. The van der Waals surface area contributed by atoms with Crippen molar-refractivity contribution >= 4 is 56.4 Å². The van der Waals surface area contributed by atoms with Crippen molar-refractivity contribution in [2.45, 2.75) is 6.04 Å². The van der Waals surface area contributed by atoms with Gasteiger partial charge in [-0.1, -0.05) is 158 Å². The number of rotatable bonds is 7. The number of aliphatic imine (C=N–C) groups is 1. The van der Waals surface area contributed by atoms with E-state index in [1.54, 1.807) is 0 Å². The quantitative estimate of drug-likeness (QED) is 0.171. The van der Waals surface area contributed by atoms with Crippen LogP contribution in [0.2, 0.25) is 0 Å². The van der Waals surface area contributed by atoms with Crippen LogP contribution in [0.3, 0.4) is 0 Å². The fourth-order valence-electron chi connectivity index (χ4n) is 7.25. The zero-order valence-electron chi connectivity index (χ0n) is 27.8. The highest BCUT2D eigenvalue weighted by molar-refractivity contribution is 7.85. The van der Waals surface area contributed by atoms with Gasteiger partial charge in [-0.2, -0.15) is 0 Å². The van der Waals surface area contributed by atoms with Crippen LogP contribution < -0.4 is 21.2 Å². The molecule has 8 aromatic rings. The van der Waals surface area contributed by atoms with E-state index in [-0.39, 0.29) is 6.04 Å². The molecule has 0 amide bonds. The van der Waals surface area contributed by atoms with E-state index in [1.807, 2.05) is 91.0 Å². The number of hydrogen-bond donors (Lipinski definition) is 1. The van der Waals surface area contributed by atoms with Crippen molar-refractivity contribution in [3.05, 3.63) is 211 Å². The summed E-state index contributed by atoms with van der Waals surface area (Å²) in [5.74, 6) is 0.741. The first kappa shape index (κ1) is 30.8. The molecular weight excluding hydrogens is 642 g/mol. The molecule has 1 aliphatic rings. The van der Waals surface area contributed by atoms with Crippen LogP contribution >= 0.6 is 7.14 Å². The standard InChI is InChI=1S/C46H34N3OP/c50-51(37-22-8-3-9-23-37,39-25-15-21-36(31-39)49-44-28-12-10-26-40(44)41-27-11-13-29-45(41)49)38-24-14-20-35(30-38)46-47-42(33-16-4-1-5-17-33)32-43(48-46)34-18-6-2-7-19-34/h1-32,42H,(H,47,48). The van der Waals surface area contributed by atoms with Crippen LogP contribution in [0.15, 0.2) is 199 Å². The molecule has 1 aromatic heterocycles. The van der Waals surface area contributed by atoms with Gasteiger partial charge in [0.05, 0.1) is 17.1 Å². The molecule has 0 saturated heterocycles. The van der Waals surface area contributed by atoms with Crippen LogP contribution in [-0.2, 0) is 4.57 Å². The molecule has 0 aliphatic carbocycles. The molecule has 244 valence electrons. The summed E-state index contributed by atoms with van der Waals surface area (Å²) in [7, 11) is -3.36. The lowest BCUT2D eigenvalue weighted by atomic mass is 10.0. The second kappa shape index (κ2) is 12.9. The number of nitrogens with zero attached hydrogens (tertiary/aromatic N) is 2. The van der Waals surface area contributed by atoms with Gasteiger partial charge in [-0.25, -0.2) is 0 Å². The molecule has 0 radical (unpaired) electrons. The topological polar surface area (TPSA) is 46.4 Å². The Kier molecular flexibility index (Phi) is 7.80. The summed E-state index contributed by atoms with van der Waals surface area (Å²) in [5.41, 5.74) is 7.26. The van der Waals surface area contributed by atoms with Gasteiger partial charge in [0.1, 0.15) is 5.84 Å². The van der Waals surface area contributed by atoms with Gasteiger partial charge >= 0.3 is 0 Å². The lowest BCUT2D eigenvalue weighted by Gasteiger charge is -2.25. The van der Waals surface area contributed by atoms with Crippen molar-refractivity contribution in [2.75, 3.05) is 0 Å². The van der Waals surface area contributed by atoms with Crippen LogP contribution in [0.4, 0.5) is 0 Å². The Hall–Kier alpha value is -6.22. The summed E-state index contributed by atoms with van der Waals surface area (Å²) in [6, 6.07) is 63.7. The van der Waals surface area contributed by atoms with Gasteiger partial charge in [0.25, 0.3) is 0 Å². The maximum atomic E-state index is 16.0. The predicted molar refractivity (Wildman–Crippen MR) is 213 cm³/mol. The molecule has 2 unspecified atom stereocenters. The molecule has 51 heavy (non-hydrogen) atoms. The number of nitrogens with one attached hydrogen (secondary N) is 1. The Bertz CT molecular complexity index is 2590. The molecule has 4 nitrogen and oxygen atoms in total. The number of amidine groups is 1. The fourth-order valence-corrected chi connectivity index (χ4v) is 9.97. The van der Waals surface area contributed by atoms with Crippen molar-refractivity contribution in [2.24, 2.45) is 4.99 Å². The first-order valence-corrected chi connectivity index (χ1v) is 18.9. The molecule has 2 atom stereocenters. The van der Waals surface area contributed by atoms with Crippen molar-refractivity contribution in [1.29, 1.82) is 0 Å². The lowest BCUT2D eigenvalue weighted by Crippen LogP contribution is -2.30. The van der Waals surface area contributed by atoms with E-state index >= 15 is 4.57 Å². The second-order valence-electron chi connectivity index (χ2n) is 12.8. The molecule has 0 fully saturated rings. The number of hydrogen-bond acceptors (Lipinski definition) is 3. The van der Waals surface area contributed by atoms with E-state index < -0.39 is 7.14 Å². The minimum Gasteiger partial charge on any atom is -0.340 e. The average molecular weight is 676 g/mol. The molecular formula is C46H34N3OP. The van der Waals surface area contributed by atoms with Crippen LogP contribution in [0.25, 0.3) is 33.2 Å². The highest BCUT2D eigenvalue weighted by atomic mass is 31.2. The Morgan fingerprint density at radius 3 is 1.73 bits per heavy atom. The van der Waals surface area contributed by atoms with E-state index in [4.69, 9.17) is 4.99 Å². The minimum absolute atomic E-state index is 0.176. The number of para-hydroxylation sites is 2. The normalized spacial score (nSPS) is 15.5. The van der Waals surface area contributed by atoms with Gasteiger partial charge in [-0.3, -0.25) is 4.99 Å². The highest BCUT2D eigenvalue weighted by Crippen LogP contribution is 2.43. The van der Waals surface area contributed by atoms with Crippen LogP contribution in [0.5, 0.6) is 0 Å². The highest BCUT2D eigenvalue weighted by Gasteiger charge is 2.31. The molecule has 9 rings (SSSR count). The molecule has 1 aliphatic heterocycles. The second-order valence-corrected chi connectivity index (χ2v) is 15.6. The van der Waals surface area contributed by atoms with Gasteiger partial charge in [0.15, 0.2) is 7.14 Å². The molecule has 2 heterocycles. The third kappa shape index (κ3) is 5.51. The zero-order valence-corrected chi connectivity index (χ0v) is 28.7. The summed E-state index contributed by atoms with van der Waals surface area (Å²) in [6.45, 7) is 0. The maximum absolute atomic E-state index is 16.0. The van der Waals surface area contributed by atoms with Crippen molar-refractivity contribution in [3.63, 3.8) is 0 Å². The van der Waals surface area contributed by atoms with E-state index in [9.17, 15) is 0 Å². The third-order valence-corrected chi connectivity index (χ3v) is 12.7. The predicted octanol–water partition coefficient (Wildman–Crippen LogP) is 9.56. The SMILES string of the molecule is O=P(c1ccccc1)(c1cccc(C2=NC(c3ccccc3)C=C(c3ccccc3)N2)c1)c1cccc(-n2c3ccccc3c3ccccc32)c1. The van der Waals surface area contributed by atoms with E-state index in [0.29, 0.717) is 0 Å². The van der Waals surface area contributed by atoms with Crippen molar-refractivity contribution in [1.82, 2.24) is 9.88 Å². The first-order valence-electron chi connectivity index (χ1n) is 17.2. The van der Waals surface area contributed by atoms with Gasteiger partial charge in [0.2, 0.25) is 0 Å². The maximum Gasteiger partial charge on any atom is 0.171 e. The Labute approximate surface area is 297 Å². The Balaban J connectivity index is 1.19. The van der Waals surface area contributed by atoms with Crippen LogP contribution in [0.1, 0.15) is 22.7 Å². The molecule has 0 bridgehead atoms. The Morgan fingerprint density at radius 1 is 0.510 bits per heavy atom.